The van der Waals surface area contributed by atoms with Crippen molar-refractivity contribution in [3.05, 3.63) is 90.8 Å². The number of para-hydroxylation sites is 4. The zero-order valence-corrected chi connectivity index (χ0v) is 20.2. The van der Waals surface area contributed by atoms with Crippen molar-refractivity contribution in [3.8, 4) is 5.75 Å². The first-order chi connectivity index (χ1) is 17.2. The lowest BCUT2D eigenvalue weighted by atomic mass is 9.96. The Kier molecular flexibility index (Phi) is 7.09. The SMILES string of the molecule is CN(C(=O)CN1CCC(Cn2c(COc3ccccc3)nc3ccccc32)CC1)c1ccccc1. The van der Waals surface area contributed by atoms with Crippen LogP contribution in [0.3, 0.4) is 0 Å². The molecule has 0 atom stereocenters. The number of ether oxygens (including phenoxy) is 1. The van der Waals surface area contributed by atoms with Crippen molar-refractivity contribution >= 4 is 22.6 Å². The molecule has 0 saturated carbocycles. The summed E-state index contributed by atoms with van der Waals surface area (Å²) in [5.41, 5.74) is 3.09. The van der Waals surface area contributed by atoms with Crippen LogP contribution in [0.5, 0.6) is 5.75 Å². The number of likely N-dealkylation sites (tertiary alicyclic amines) is 1. The Morgan fingerprint density at radius 2 is 1.60 bits per heavy atom. The summed E-state index contributed by atoms with van der Waals surface area (Å²) in [6, 6.07) is 28.0. The Bertz CT molecular complexity index is 1250. The van der Waals surface area contributed by atoms with Crippen LogP contribution in [0.4, 0.5) is 5.69 Å². The second-order valence-electron chi connectivity index (χ2n) is 9.24. The van der Waals surface area contributed by atoms with E-state index < -0.39 is 0 Å². The summed E-state index contributed by atoms with van der Waals surface area (Å²) < 4.78 is 8.36. The van der Waals surface area contributed by atoms with E-state index in [1.807, 2.05) is 73.8 Å². The summed E-state index contributed by atoms with van der Waals surface area (Å²) in [5.74, 6) is 2.48. The zero-order valence-electron chi connectivity index (χ0n) is 20.2. The molecule has 1 aromatic heterocycles. The minimum absolute atomic E-state index is 0.135. The summed E-state index contributed by atoms with van der Waals surface area (Å²) in [6.07, 6.45) is 2.13. The molecule has 3 aromatic carbocycles. The van der Waals surface area contributed by atoms with E-state index in [0.29, 0.717) is 19.1 Å². The maximum absolute atomic E-state index is 12.8. The molecule has 2 heterocycles. The summed E-state index contributed by atoms with van der Waals surface area (Å²) >= 11 is 0. The molecular weight excluding hydrogens is 436 g/mol. The molecule has 5 rings (SSSR count). The number of hydrogen-bond acceptors (Lipinski definition) is 4. The zero-order chi connectivity index (χ0) is 24.0. The van der Waals surface area contributed by atoms with E-state index in [4.69, 9.17) is 9.72 Å². The normalized spacial score (nSPS) is 14.8. The average Bonchev–Trinajstić information content (AvgIpc) is 3.26. The van der Waals surface area contributed by atoms with Crippen LogP contribution in [-0.4, -0.2) is 47.0 Å². The van der Waals surface area contributed by atoms with Gasteiger partial charge < -0.3 is 14.2 Å². The van der Waals surface area contributed by atoms with Gasteiger partial charge >= 0.3 is 0 Å². The number of benzene rings is 3. The molecule has 0 bridgehead atoms. The quantitative estimate of drug-likeness (QED) is 0.366. The van der Waals surface area contributed by atoms with Crippen LogP contribution in [0.25, 0.3) is 11.0 Å². The standard InChI is InChI=1S/C29H32N4O2/c1-31(24-10-4-2-5-11-24)29(34)21-32-18-16-23(17-19-32)20-33-27-15-9-8-14-26(27)30-28(33)22-35-25-12-6-3-7-13-25/h2-15,23H,16-22H2,1H3. The van der Waals surface area contributed by atoms with E-state index >= 15 is 0 Å². The first kappa shape index (κ1) is 23.1. The highest BCUT2D eigenvalue weighted by atomic mass is 16.5. The van der Waals surface area contributed by atoms with E-state index in [1.165, 1.54) is 0 Å². The molecule has 1 aliphatic rings. The Balaban J connectivity index is 1.20. The second-order valence-corrected chi connectivity index (χ2v) is 9.24. The molecule has 1 aliphatic heterocycles. The van der Waals surface area contributed by atoms with Crippen molar-refractivity contribution in [2.75, 3.05) is 31.6 Å². The fourth-order valence-corrected chi connectivity index (χ4v) is 4.78. The lowest BCUT2D eigenvalue weighted by molar-refractivity contribution is -0.119. The topological polar surface area (TPSA) is 50.6 Å². The highest BCUT2D eigenvalue weighted by Crippen LogP contribution is 2.25. The number of imidazole rings is 1. The van der Waals surface area contributed by atoms with Gasteiger partial charge in [-0.25, -0.2) is 4.98 Å². The van der Waals surface area contributed by atoms with Crippen LogP contribution in [0.15, 0.2) is 84.9 Å². The molecule has 1 fully saturated rings. The van der Waals surface area contributed by atoms with Crippen molar-refractivity contribution in [1.29, 1.82) is 0 Å². The van der Waals surface area contributed by atoms with Crippen LogP contribution in [0, 0.1) is 5.92 Å². The van der Waals surface area contributed by atoms with Crippen LogP contribution in [0.2, 0.25) is 0 Å². The molecule has 6 nitrogen and oxygen atoms in total. The number of anilines is 1. The van der Waals surface area contributed by atoms with Crippen LogP contribution in [-0.2, 0) is 17.9 Å². The number of amides is 1. The predicted octanol–water partition coefficient (Wildman–Crippen LogP) is 4.99. The fraction of sp³-hybridized carbons (Fsp3) is 0.310. The van der Waals surface area contributed by atoms with Crippen molar-refractivity contribution in [2.24, 2.45) is 5.92 Å². The van der Waals surface area contributed by atoms with Gasteiger partial charge in [0.05, 0.1) is 17.6 Å². The van der Waals surface area contributed by atoms with E-state index in [0.717, 1.165) is 60.8 Å². The summed E-state index contributed by atoms with van der Waals surface area (Å²) in [4.78, 5) is 21.7. The van der Waals surface area contributed by atoms with Gasteiger partial charge in [0, 0.05) is 19.3 Å². The van der Waals surface area contributed by atoms with E-state index in [1.54, 1.807) is 4.90 Å². The third-order valence-corrected chi connectivity index (χ3v) is 6.87. The molecule has 6 heteroatoms. The number of rotatable bonds is 8. The lowest BCUT2D eigenvalue weighted by Gasteiger charge is -2.33. The molecule has 0 N–H and O–H groups in total. The highest BCUT2D eigenvalue weighted by molar-refractivity contribution is 5.94. The molecule has 35 heavy (non-hydrogen) atoms. The molecule has 0 spiro atoms. The molecule has 1 amide bonds. The highest BCUT2D eigenvalue weighted by Gasteiger charge is 2.24. The van der Waals surface area contributed by atoms with Crippen molar-refractivity contribution < 1.29 is 9.53 Å². The number of nitrogens with zero attached hydrogens (tertiary/aromatic N) is 4. The van der Waals surface area contributed by atoms with Gasteiger partial charge in [-0.3, -0.25) is 9.69 Å². The minimum Gasteiger partial charge on any atom is -0.486 e. The summed E-state index contributed by atoms with van der Waals surface area (Å²) in [5, 5.41) is 0. The lowest BCUT2D eigenvalue weighted by Crippen LogP contribution is -2.42. The van der Waals surface area contributed by atoms with E-state index in [-0.39, 0.29) is 5.91 Å². The summed E-state index contributed by atoms with van der Waals surface area (Å²) in [6.45, 7) is 3.68. The van der Waals surface area contributed by atoms with Gasteiger partial charge in [-0.15, -0.1) is 0 Å². The van der Waals surface area contributed by atoms with Crippen molar-refractivity contribution in [1.82, 2.24) is 14.5 Å². The average molecular weight is 469 g/mol. The van der Waals surface area contributed by atoms with Crippen LogP contribution >= 0.6 is 0 Å². The van der Waals surface area contributed by atoms with Gasteiger partial charge in [-0.2, -0.15) is 0 Å². The largest absolute Gasteiger partial charge is 0.486 e. The molecule has 4 aromatic rings. The second kappa shape index (κ2) is 10.7. The van der Waals surface area contributed by atoms with Crippen molar-refractivity contribution in [3.63, 3.8) is 0 Å². The fourth-order valence-electron chi connectivity index (χ4n) is 4.78. The third-order valence-electron chi connectivity index (χ3n) is 6.87. The Morgan fingerprint density at radius 1 is 0.943 bits per heavy atom. The number of carbonyl (C=O) groups is 1. The maximum atomic E-state index is 12.8. The van der Waals surface area contributed by atoms with Crippen LogP contribution in [0.1, 0.15) is 18.7 Å². The minimum atomic E-state index is 0.135. The van der Waals surface area contributed by atoms with Gasteiger partial charge in [0.25, 0.3) is 0 Å². The molecule has 180 valence electrons. The number of aromatic nitrogens is 2. The molecule has 1 saturated heterocycles. The molecule has 0 radical (unpaired) electrons. The van der Waals surface area contributed by atoms with Gasteiger partial charge in [0.15, 0.2) is 0 Å². The first-order valence-electron chi connectivity index (χ1n) is 12.3. The molecule has 0 unspecified atom stereocenters. The Morgan fingerprint density at radius 3 is 2.34 bits per heavy atom. The van der Waals surface area contributed by atoms with E-state index in [9.17, 15) is 4.79 Å². The maximum Gasteiger partial charge on any atom is 0.240 e. The summed E-state index contributed by atoms with van der Waals surface area (Å²) in [7, 11) is 1.85. The third kappa shape index (κ3) is 5.54. The number of fused-ring (bicyclic) bond motifs is 1. The van der Waals surface area contributed by atoms with E-state index in [2.05, 4.69) is 27.7 Å². The molecule has 0 aliphatic carbocycles. The number of piperidine rings is 1. The first-order valence-corrected chi connectivity index (χ1v) is 12.3. The number of likely N-dealkylation sites (N-methyl/N-ethyl adjacent to an activating group) is 1. The Hall–Kier alpha value is -3.64. The number of carbonyl (C=O) groups excluding carboxylic acids is 1. The van der Waals surface area contributed by atoms with Gasteiger partial charge in [-0.05, 0) is 68.2 Å². The Labute approximate surface area is 206 Å². The number of hydrogen-bond donors (Lipinski definition) is 0. The van der Waals surface area contributed by atoms with Gasteiger partial charge in [-0.1, -0.05) is 48.5 Å². The van der Waals surface area contributed by atoms with Gasteiger partial charge in [0.1, 0.15) is 18.2 Å². The smallest absolute Gasteiger partial charge is 0.240 e. The predicted molar refractivity (Wildman–Crippen MR) is 140 cm³/mol. The van der Waals surface area contributed by atoms with Crippen molar-refractivity contribution in [2.45, 2.75) is 26.0 Å². The van der Waals surface area contributed by atoms with Gasteiger partial charge in [0.2, 0.25) is 5.91 Å². The molecular formula is C29H32N4O2. The van der Waals surface area contributed by atoms with Crippen LogP contribution < -0.4 is 9.64 Å². The monoisotopic (exact) mass is 468 g/mol.